The van der Waals surface area contributed by atoms with Crippen LogP contribution in [0, 0.1) is 6.57 Å². The van der Waals surface area contributed by atoms with E-state index in [1.54, 1.807) is 0 Å². The maximum absolute atomic E-state index is 6.95. The van der Waals surface area contributed by atoms with Gasteiger partial charge in [-0.25, -0.2) is 4.85 Å². The Kier molecular flexibility index (Phi) is 3.35. The van der Waals surface area contributed by atoms with E-state index in [1.165, 1.54) is 18.4 Å². The maximum Gasteiger partial charge on any atom is 0.190 e. The Morgan fingerprint density at radius 1 is 1.33 bits per heavy atom. The number of nitrogens with zero attached hydrogens (tertiary/aromatic N) is 1. The predicted octanol–water partition coefficient (Wildman–Crippen LogP) is 3.58. The lowest BCUT2D eigenvalue weighted by Gasteiger charge is -2.00. The van der Waals surface area contributed by atoms with Gasteiger partial charge in [0.25, 0.3) is 0 Å². The first-order valence-corrected chi connectivity index (χ1v) is 4.34. The fourth-order valence-corrected chi connectivity index (χ4v) is 1.20. The minimum absolute atomic E-state index is 0.811. The SMILES string of the molecule is [C-]#[N+]c1ccccc1CCCC. The summed E-state index contributed by atoms with van der Waals surface area (Å²) in [6, 6.07) is 7.85. The first-order valence-electron chi connectivity index (χ1n) is 4.34. The molecule has 0 aliphatic carbocycles. The minimum Gasteiger partial charge on any atom is -0.238 e. The molecule has 0 heterocycles. The van der Waals surface area contributed by atoms with Gasteiger partial charge in [-0.15, -0.1) is 0 Å². The van der Waals surface area contributed by atoms with Gasteiger partial charge in [-0.3, -0.25) is 0 Å². The summed E-state index contributed by atoms with van der Waals surface area (Å²) in [6.45, 7) is 9.11. The van der Waals surface area contributed by atoms with Gasteiger partial charge in [-0.05, 0) is 12.0 Å². The summed E-state index contributed by atoms with van der Waals surface area (Å²) in [5, 5.41) is 0. The summed E-state index contributed by atoms with van der Waals surface area (Å²) in [6.07, 6.45) is 3.40. The van der Waals surface area contributed by atoms with E-state index in [1.807, 2.05) is 24.3 Å². The molecule has 0 saturated carbocycles. The van der Waals surface area contributed by atoms with Crippen LogP contribution in [0.5, 0.6) is 0 Å². The van der Waals surface area contributed by atoms with Gasteiger partial charge in [0, 0.05) is 0 Å². The Morgan fingerprint density at radius 2 is 2.08 bits per heavy atom. The molecule has 0 atom stereocenters. The smallest absolute Gasteiger partial charge is 0.190 e. The molecular weight excluding hydrogens is 146 g/mol. The Morgan fingerprint density at radius 3 is 2.75 bits per heavy atom. The van der Waals surface area contributed by atoms with Crippen molar-refractivity contribution in [3.8, 4) is 0 Å². The summed E-state index contributed by atoms with van der Waals surface area (Å²) in [4.78, 5) is 3.47. The molecule has 1 aromatic carbocycles. The highest BCUT2D eigenvalue weighted by molar-refractivity contribution is 5.51. The van der Waals surface area contributed by atoms with Crippen LogP contribution in [0.15, 0.2) is 24.3 Å². The third-order valence-electron chi connectivity index (χ3n) is 1.91. The van der Waals surface area contributed by atoms with Gasteiger partial charge in [0.15, 0.2) is 5.69 Å². The minimum atomic E-state index is 0.811. The zero-order valence-electron chi connectivity index (χ0n) is 7.38. The van der Waals surface area contributed by atoms with Crippen molar-refractivity contribution in [2.24, 2.45) is 0 Å². The van der Waals surface area contributed by atoms with Crippen molar-refractivity contribution in [2.75, 3.05) is 0 Å². The first kappa shape index (κ1) is 8.80. The second-order valence-corrected chi connectivity index (χ2v) is 2.84. The zero-order chi connectivity index (χ0) is 8.81. The summed E-state index contributed by atoms with van der Waals surface area (Å²) in [7, 11) is 0. The van der Waals surface area contributed by atoms with Gasteiger partial charge in [-0.1, -0.05) is 44.0 Å². The molecule has 0 saturated heterocycles. The highest BCUT2D eigenvalue weighted by Gasteiger charge is 1.98. The van der Waals surface area contributed by atoms with Crippen LogP contribution in [-0.4, -0.2) is 0 Å². The molecule has 0 spiro atoms. The lowest BCUT2D eigenvalue weighted by atomic mass is 10.1. The van der Waals surface area contributed by atoms with Crippen molar-refractivity contribution in [1.29, 1.82) is 0 Å². The third-order valence-corrected chi connectivity index (χ3v) is 1.91. The van der Waals surface area contributed by atoms with Crippen LogP contribution >= 0.6 is 0 Å². The van der Waals surface area contributed by atoms with Crippen molar-refractivity contribution < 1.29 is 0 Å². The molecule has 0 aliphatic heterocycles. The molecule has 0 radical (unpaired) electrons. The van der Waals surface area contributed by atoms with Crippen LogP contribution in [0.4, 0.5) is 5.69 Å². The van der Waals surface area contributed by atoms with Gasteiger partial charge < -0.3 is 0 Å². The van der Waals surface area contributed by atoms with Crippen LogP contribution < -0.4 is 0 Å². The van der Waals surface area contributed by atoms with Crippen molar-refractivity contribution >= 4 is 5.69 Å². The standard InChI is InChI=1S/C11H13N/c1-3-4-7-10-8-5-6-9-11(10)12-2/h5-6,8-9H,3-4,7H2,1H3. The quantitative estimate of drug-likeness (QED) is 0.594. The van der Waals surface area contributed by atoms with E-state index in [0.717, 1.165) is 12.1 Å². The van der Waals surface area contributed by atoms with E-state index in [0.29, 0.717) is 0 Å². The molecule has 0 fully saturated rings. The monoisotopic (exact) mass is 159 g/mol. The first-order chi connectivity index (χ1) is 5.88. The number of para-hydroxylation sites is 1. The molecule has 0 aliphatic rings. The Labute approximate surface area is 73.9 Å². The lowest BCUT2D eigenvalue weighted by Crippen LogP contribution is -1.83. The second-order valence-electron chi connectivity index (χ2n) is 2.84. The Balaban J connectivity index is 2.77. The fraction of sp³-hybridized carbons (Fsp3) is 0.364. The predicted molar refractivity (Wildman–Crippen MR) is 51.3 cm³/mol. The van der Waals surface area contributed by atoms with Crippen LogP contribution in [0.25, 0.3) is 4.85 Å². The number of aryl methyl sites for hydroxylation is 1. The van der Waals surface area contributed by atoms with Crippen molar-refractivity contribution in [2.45, 2.75) is 26.2 Å². The highest BCUT2D eigenvalue weighted by atomic mass is 14.6. The van der Waals surface area contributed by atoms with E-state index >= 15 is 0 Å². The van der Waals surface area contributed by atoms with Crippen molar-refractivity contribution in [3.05, 3.63) is 41.2 Å². The molecule has 0 aromatic heterocycles. The van der Waals surface area contributed by atoms with Gasteiger partial charge in [-0.2, -0.15) is 0 Å². The molecular formula is C11H13N. The molecule has 62 valence electrons. The van der Waals surface area contributed by atoms with Gasteiger partial charge in [0.1, 0.15) is 0 Å². The zero-order valence-corrected chi connectivity index (χ0v) is 7.38. The van der Waals surface area contributed by atoms with E-state index in [-0.39, 0.29) is 0 Å². The highest BCUT2D eigenvalue weighted by Crippen LogP contribution is 2.19. The van der Waals surface area contributed by atoms with Crippen molar-refractivity contribution in [3.63, 3.8) is 0 Å². The van der Waals surface area contributed by atoms with Crippen LogP contribution in [0.1, 0.15) is 25.3 Å². The normalized spacial score (nSPS) is 9.33. The molecule has 1 nitrogen and oxygen atoms in total. The van der Waals surface area contributed by atoms with Crippen LogP contribution in [0.3, 0.4) is 0 Å². The van der Waals surface area contributed by atoms with E-state index in [9.17, 15) is 0 Å². The second kappa shape index (κ2) is 4.56. The Bertz CT molecular complexity index is 283. The molecule has 12 heavy (non-hydrogen) atoms. The van der Waals surface area contributed by atoms with Crippen molar-refractivity contribution in [1.82, 2.24) is 0 Å². The summed E-state index contributed by atoms with van der Waals surface area (Å²) >= 11 is 0. The maximum atomic E-state index is 6.95. The third kappa shape index (κ3) is 2.10. The van der Waals surface area contributed by atoms with Gasteiger partial charge in [0.2, 0.25) is 0 Å². The fourth-order valence-electron chi connectivity index (χ4n) is 1.20. The van der Waals surface area contributed by atoms with Gasteiger partial charge >= 0.3 is 0 Å². The number of rotatable bonds is 3. The molecule has 0 bridgehead atoms. The number of hydrogen-bond acceptors (Lipinski definition) is 0. The lowest BCUT2D eigenvalue weighted by molar-refractivity contribution is 0.797. The Hall–Kier alpha value is -1.29. The number of hydrogen-bond donors (Lipinski definition) is 0. The molecule has 0 amide bonds. The summed E-state index contributed by atoms with van der Waals surface area (Å²) in [5.41, 5.74) is 2.00. The van der Waals surface area contributed by atoms with E-state index in [2.05, 4.69) is 11.8 Å². The average Bonchev–Trinajstić information content (AvgIpc) is 2.15. The number of unbranched alkanes of at least 4 members (excludes halogenated alkanes) is 1. The summed E-state index contributed by atoms with van der Waals surface area (Å²) in [5.74, 6) is 0. The molecule has 0 unspecified atom stereocenters. The van der Waals surface area contributed by atoms with Gasteiger partial charge in [0.05, 0.1) is 6.57 Å². The molecule has 1 heteroatoms. The van der Waals surface area contributed by atoms with Crippen LogP contribution in [0.2, 0.25) is 0 Å². The number of benzene rings is 1. The molecule has 0 N–H and O–H groups in total. The van der Waals surface area contributed by atoms with E-state index < -0.39 is 0 Å². The average molecular weight is 159 g/mol. The molecule has 1 aromatic rings. The largest absolute Gasteiger partial charge is 0.238 e. The topological polar surface area (TPSA) is 4.36 Å². The summed E-state index contributed by atoms with van der Waals surface area (Å²) < 4.78 is 0. The van der Waals surface area contributed by atoms with Crippen LogP contribution in [-0.2, 0) is 6.42 Å². The van der Waals surface area contributed by atoms with E-state index in [4.69, 9.17) is 6.57 Å². The molecule has 1 rings (SSSR count).